The quantitative estimate of drug-likeness (QED) is 0.835. The number of fused-ring (bicyclic) bond motifs is 1. The van der Waals surface area contributed by atoms with Gasteiger partial charge in [0.15, 0.2) is 0 Å². The third-order valence-corrected chi connectivity index (χ3v) is 6.82. The lowest BCUT2D eigenvalue weighted by atomic mass is 9.99. The number of benzene rings is 2. The molecule has 0 aliphatic carbocycles. The van der Waals surface area contributed by atoms with E-state index >= 15 is 0 Å². The first kappa shape index (κ1) is 20.1. The number of nitrogens with two attached hydrogens (primary N) is 1. The summed E-state index contributed by atoms with van der Waals surface area (Å²) in [7, 11) is -3.74. The molecule has 2 aromatic carbocycles. The zero-order valence-electron chi connectivity index (χ0n) is 16.9. The molecule has 2 heterocycles. The van der Waals surface area contributed by atoms with Crippen LogP contribution in [0, 0.1) is 13.8 Å². The van der Waals surface area contributed by atoms with E-state index in [9.17, 15) is 13.2 Å². The number of amides is 1. The monoisotopic (exact) mass is 413 g/mol. The summed E-state index contributed by atoms with van der Waals surface area (Å²) in [4.78, 5) is 17.2. The number of primary sulfonamides is 1. The zero-order valence-corrected chi connectivity index (χ0v) is 17.7. The van der Waals surface area contributed by atoms with Crippen LogP contribution in [0.3, 0.4) is 0 Å². The number of hydrogen-bond acceptors (Lipinski definition) is 4. The minimum Gasteiger partial charge on any atom is -0.311 e. The molecule has 2 aliphatic heterocycles. The minimum absolute atomic E-state index is 0.0587. The molecule has 1 saturated heterocycles. The largest absolute Gasteiger partial charge is 0.311 e. The first-order valence-corrected chi connectivity index (χ1v) is 11.6. The maximum absolute atomic E-state index is 13.1. The van der Waals surface area contributed by atoms with Gasteiger partial charge in [-0.15, -0.1) is 0 Å². The van der Waals surface area contributed by atoms with Crippen molar-refractivity contribution in [1.29, 1.82) is 0 Å². The summed E-state index contributed by atoms with van der Waals surface area (Å²) in [5.74, 6) is 0.0587. The summed E-state index contributed by atoms with van der Waals surface area (Å²) in [5, 5.41) is 5.23. The van der Waals surface area contributed by atoms with Crippen molar-refractivity contribution < 1.29 is 13.2 Å². The molecule has 1 fully saturated rings. The van der Waals surface area contributed by atoms with Gasteiger partial charge < -0.3 is 4.90 Å². The van der Waals surface area contributed by atoms with Crippen LogP contribution in [0.25, 0.3) is 0 Å². The van der Waals surface area contributed by atoms with Crippen molar-refractivity contribution in [3.8, 4) is 0 Å². The lowest BCUT2D eigenvalue weighted by molar-refractivity contribution is -0.119. The van der Waals surface area contributed by atoms with Crippen LogP contribution in [0.2, 0.25) is 0 Å². The molecule has 2 N–H and O–H groups in total. The fourth-order valence-electron chi connectivity index (χ4n) is 4.67. The average molecular weight is 414 g/mol. The first-order valence-electron chi connectivity index (χ1n) is 10.0. The van der Waals surface area contributed by atoms with Crippen molar-refractivity contribution in [2.75, 3.05) is 24.5 Å². The van der Waals surface area contributed by atoms with Crippen LogP contribution in [0.4, 0.5) is 5.69 Å². The Labute approximate surface area is 172 Å². The summed E-state index contributed by atoms with van der Waals surface area (Å²) in [5.41, 5.74) is 5.43. The van der Waals surface area contributed by atoms with E-state index in [0.717, 1.165) is 30.6 Å². The Hall–Kier alpha value is -2.22. The number of carbonyl (C=O) groups is 1. The Morgan fingerprint density at radius 1 is 1.10 bits per heavy atom. The van der Waals surface area contributed by atoms with E-state index in [2.05, 4.69) is 36.9 Å². The Balaban J connectivity index is 1.52. The molecular weight excluding hydrogens is 386 g/mol. The molecule has 4 rings (SSSR count). The van der Waals surface area contributed by atoms with E-state index in [0.29, 0.717) is 19.5 Å². The average Bonchev–Trinajstić information content (AvgIpc) is 3.26. The van der Waals surface area contributed by atoms with E-state index in [1.165, 1.54) is 22.8 Å². The van der Waals surface area contributed by atoms with Crippen molar-refractivity contribution in [3.63, 3.8) is 0 Å². The van der Waals surface area contributed by atoms with E-state index in [4.69, 9.17) is 5.14 Å². The molecule has 6 nitrogen and oxygen atoms in total. The number of aryl methyl sites for hydroxylation is 2. The molecule has 29 heavy (non-hydrogen) atoms. The van der Waals surface area contributed by atoms with Gasteiger partial charge in [0.05, 0.1) is 11.4 Å². The van der Waals surface area contributed by atoms with Gasteiger partial charge in [0, 0.05) is 18.3 Å². The summed E-state index contributed by atoms with van der Waals surface area (Å²) in [6, 6.07) is 11.7. The predicted octanol–water partition coefficient (Wildman–Crippen LogP) is 2.68. The third-order valence-electron chi connectivity index (χ3n) is 5.91. The summed E-state index contributed by atoms with van der Waals surface area (Å²) < 4.78 is 23.2. The lowest BCUT2D eigenvalue weighted by Crippen LogP contribution is -2.39. The Kier molecular flexibility index (Phi) is 5.23. The molecule has 0 radical (unpaired) electrons. The van der Waals surface area contributed by atoms with Gasteiger partial charge in [-0.2, -0.15) is 0 Å². The van der Waals surface area contributed by atoms with Gasteiger partial charge in [-0.25, -0.2) is 13.6 Å². The lowest BCUT2D eigenvalue weighted by Gasteiger charge is -2.27. The molecule has 154 valence electrons. The number of anilines is 1. The van der Waals surface area contributed by atoms with Gasteiger partial charge in [0.2, 0.25) is 15.9 Å². The molecule has 0 saturated carbocycles. The highest BCUT2D eigenvalue weighted by Gasteiger charge is 2.32. The molecule has 2 aliphatic rings. The van der Waals surface area contributed by atoms with Gasteiger partial charge in [0.25, 0.3) is 0 Å². The van der Waals surface area contributed by atoms with Crippen LogP contribution in [0.1, 0.15) is 41.1 Å². The molecule has 0 bridgehead atoms. The fraction of sp³-hybridized carbons (Fsp3) is 0.409. The van der Waals surface area contributed by atoms with Gasteiger partial charge in [-0.3, -0.25) is 9.69 Å². The molecule has 1 unspecified atom stereocenters. The highest BCUT2D eigenvalue weighted by molar-refractivity contribution is 7.89. The van der Waals surface area contributed by atoms with Gasteiger partial charge in [-0.1, -0.05) is 29.3 Å². The summed E-state index contributed by atoms with van der Waals surface area (Å²) in [6.45, 7) is 6.07. The van der Waals surface area contributed by atoms with E-state index in [-0.39, 0.29) is 16.8 Å². The second-order valence-electron chi connectivity index (χ2n) is 8.18. The van der Waals surface area contributed by atoms with Crippen LogP contribution in [-0.4, -0.2) is 38.9 Å². The standard InChI is InChI=1S/C22H27N3O3S/c1-15-10-16(2)12-18(11-15)20-4-3-8-24(20)14-22(26)25-9-7-17-13-19(29(23,27)28)5-6-21(17)25/h5-6,10-13,20H,3-4,7-9,14H2,1-2H3,(H2,23,27,28). The molecule has 0 aromatic heterocycles. The fourth-order valence-corrected chi connectivity index (χ4v) is 5.23. The van der Waals surface area contributed by atoms with Crippen LogP contribution in [0.15, 0.2) is 41.3 Å². The van der Waals surface area contributed by atoms with Crippen LogP contribution >= 0.6 is 0 Å². The second-order valence-corrected chi connectivity index (χ2v) is 9.74. The Bertz CT molecular complexity index is 1040. The highest BCUT2D eigenvalue weighted by atomic mass is 32.2. The highest BCUT2D eigenvalue weighted by Crippen LogP contribution is 2.34. The molecular formula is C22H27N3O3S. The topological polar surface area (TPSA) is 83.7 Å². The number of rotatable bonds is 4. The molecule has 0 spiro atoms. The SMILES string of the molecule is Cc1cc(C)cc(C2CCCN2CC(=O)N2CCc3cc(S(N)(=O)=O)ccc32)c1. The number of likely N-dealkylation sites (tertiary alicyclic amines) is 1. The number of carbonyl (C=O) groups excluding carboxylic acids is 1. The van der Waals surface area contributed by atoms with Crippen molar-refractivity contribution in [2.24, 2.45) is 5.14 Å². The molecule has 1 atom stereocenters. The van der Waals surface area contributed by atoms with Gasteiger partial charge in [-0.05, 0) is 69.0 Å². The van der Waals surface area contributed by atoms with E-state index in [1.807, 2.05) is 0 Å². The Morgan fingerprint density at radius 2 is 1.83 bits per heavy atom. The van der Waals surface area contributed by atoms with Crippen molar-refractivity contribution >= 4 is 21.6 Å². The summed E-state index contributed by atoms with van der Waals surface area (Å²) in [6.07, 6.45) is 2.79. The van der Waals surface area contributed by atoms with E-state index < -0.39 is 10.0 Å². The van der Waals surface area contributed by atoms with Crippen LogP contribution in [0.5, 0.6) is 0 Å². The molecule has 2 aromatic rings. The zero-order chi connectivity index (χ0) is 20.8. The molecule has 1 amide bonds. The van der Waals surface area contributed by atoms with Crippen LogP contribution in [-0.2, 0) is 21.2 Å². The first-order chi connectivity index (χ1) is 13.7. The van der Waals surface area contributed by atoms with Gasteiger partial charge >= 0.3 is 0 Å². The third kappa shape index (κ3) is 4.08. The van der Waals surface area contributed by atoms with E-state index in [1.54, 1.807) is 17.0 Å². The number of sulfonamides is 1. The van der Waals surface area contributed by atoms with Crippen molar-refractivity contribution in [3.05, 3.63) is 58.7 Å². The summed E-state index contributed by atoms with van der Waals surface area (Å²) >= 11 is 0. The number of nitrogens with zero attached hydrogens (tertiary/aromatic N) is 2. The molecule has 7 heteroatoms. The Morgan fingerprint density at radius 3 is 2.52 bits per heavy atom. The normalized spacial score (nSPS) is 19.6. The maximum Gasteiger partial charge on any atom is 0.241 e. The van der Waals surface area contributed by atoms with Gasteiger partial charge in [0.1, 0.15) is 0 Å². The maximum atomic E-state index is 13.1. The van der Waals surface area contributed by atoms with Crippen molar-refractivity contribution in [2.45, 2.75) is 44.0 Å². The minimum atomic E-state index is -3.74. The number of hydrogen-bond donors (Lipinski definition) is 1. The predicted molar refractivity (Wildman–Crippen MR) is 113 cm³/mol. The van der Waals surface area contributed by atoms with Crippen molar-refractivity contribution in [1.82, 2.24) is 4.90 Å². The van der Waals surface area contributed by atoms with Crippen LogP contribution < -0.4 is 10.0 Å². The second kappa shape index (κ2) is 7.55. The smallest absolute Gasteiger partial charge is 0.241 e.